The number of aromatic hydroxyl groups is 1. The number of hydrogen-bond donors (Lipinski definition) is 2. The third-order valence-corrected chi connectivity index (χ3v) is 4.15. The van der Waals surface area contributed by atoms with Gasteiger partial charge < -0.3 is 15.3 Å². The van der Waals surface area contributed by atoms with E-state index in [-0.39, 0.29) is 11.7 Å². The summed E-state index contributed by atoms with van der Waals surface area (Å²) in [5.74, 6) is 0.337. The van der Waals surface area contributed by atoms with Gasteiger partial charge in [0.25, 0.3) is 5.91 Å². The van der Waals surface area contributed by atoms with Crippen LogP contribution in [0.15, 0.2) is 36.4 Å². The molecule has 0 radical (unpaired) electrons. The minimum atomic E-state index is -0.201. The summed E-state index contributed by atoms with van der Waals surface area (Å²) in [6, 6.07) is 11.1. The van der Waals surface area contributed by atoms with E-state index in [2.05, 4.69) is 17.3 Å². The minimum Gasteiger partial charge on any atom is -0.507 e. The summed E-state index contributed by atoms with van der Waals surface area (Å²) < 4.78 is 0. The van der Waals surface area contributed by atoms with Gasteiger partial charge in [0.2, 0.25) is 0 Å². The lowest BCUT2D eigenvalue weighted by Gasteiger charge is -2.12. The molecule has 2 aromatic carbocycles. The number of carbonyl (C=O) groups excluding carboxylic acids is 1. The molecular weight excluding hydrogens is 264 g/mol. The zero-order valence-electron chi connectivity index (χ0n) is 12.2. The van der Waals surface area contributed by atoms with Crippen LogP contribution in [0, 0.1) is 5.92 Å². The molecule has 0 aliphatic carbocycles. The van der Waals surface area contributed by atoms with E-state index in [4.69, 9.17) is 0 Å². The average Bonchev–Trinajstić information content (AvgIpc) is 2.89. The Kier molecular flexibility index (Phi) is 3.80. The van der Waals surface area contributed by atoms with Gasteiger partial charge in [0.15, 0.2) is 0 Å². The zero-order valence-corrected chi connectivity index (χ0v) is 12.2. The van der Waals surface area contributed by atoms with Crippen LogP contribution >= 0.6 is 0 Å². The molecule has 4 heteroatoms. The summed E-state index contributed by atoms with van der Waals surface area (Å²) in [5, 5.41) is 14.9. The normalized spacial score (nSPS) is 19.0. The van der Waals surface area contributed by atoms with Crippen molar-refractivity contribution < 1.29 is 9.90 Å². The van der Waals surface area contributed by atoms with Crippen LogP contribution in [-0.2, 0) is 0 Å². The first kappa shape index (κ1) is 13.9. The van der Waals surface area contributed by atoms with Crippen LogP contribution in [0.2, 0.25) is 0 Å². The Balaban J connectivity index is 1.73. The van der Waals surface area contributed by atoms with Crippen molar-refractivity contribution in [2.45, 2.75) is 6.42 Å². The summed E-state index contributed by atoms with van der Waals surface area (Å²) in [5.41, 5.74) is 0.347. The number of phenolic OH excluding ortho intramolecular Hbond substituents is 1. The number of hydrogen-bond acceptors (Lipinski definition) is 3. The first-order chi connectivity index (χ1) is 10.1. The zero-order chi connectivity index (χ0) is 14.8. The largest absolute Gasteiger partial charge is 0.507 e. The summed E-state index contributed by atoms with van der Waals surface area (Å²) in [4.78, 5) is 14.5. The van der Waals surface area contributed by atoms with Crippen molar-refractivity contribution in [1.29, 1.82) is 0 Å². The van der Waals surface area contributed by atoms with Gasteiger partial charge >= 0.3 is 0 Å². The Morgan fingerprint density at radius 2 is 2.05 bits per heavy atom. The fraction of sp³-hybridized carbons (Fsp3) is 0.353. The summed E-state index contributed by atoms with van der Waals surface area (Å²) in [6.45, 7) is 2.77. The molecule has 1 aliphatic rings. The highest BCUT2D eigenvalue weighted by Crippen LogP contribution is 2.25. The first-order valence-electron chi connectivity index (χ1n) is 7.32. The quantitative estimate of drug-likeness (QED) is 0.908. The Morgan fingerprint density at radius 1 is 1.33 bits per heavy atom. The molecule has 21 heavy (non-hydrogen) atoms. The Hall–Kier alpha value is -2.07. The molecule has 1 fully saturated rings. The first-order valence-corrected chi connectivity index (χ1v) is 7.32. The van der Waals surface area contributed by atoms with Gasteiger partial charge in [0.1, 0.15) is 5.75 Å². The van der Waals surface area contributed by atoms with E-state index in [0.29, 0.717) is 18.0 Å². The predicted octanol–water partition coefficient (Wildman–Crippen LogP) is 2.23. The fourth-order valence-electron chi connectivity index (χ4n) is 2.94. The highest BCUT2D eigenvalue weighted by Gasteiger charge is 2.20. The van der Waals surface area contributed by atoms with Gasteiger partial charge in [0, 0.05) is 13.1 Å². The highest BCUT2D eigenvalue weighted by molar-refractivity contribution is 6.01. The number of carbonyl (C=O) groups is 1. The van der Waals surface area contributed by atoms with Crippen LogP contribution in [0.25, 0.3) is 10.8 Å². The molecule has 0 spiro atoms. The van der Waals surface area contributed by atoms with E-state index < -0.39 is 0 Å². The number of nitrogens with zero attached hydrogens (tertiary/aromatic N) is 1. The van der Waals surface area contributed by atoms with Gasteiger partial charge in [-0.25, -0.2) is 0 Å². The second kappa shape index (κ2) is 5.74. The molecule has 110 valence electrons. The molecule has 3 rings (SSSR count). The van der Waals surface area contributed by atoms with Crippen molar-refractivity contribution in [2.75, 3.05) is 26.7 Å². The molecule has 2 aromatic rings. The number of amides is 1. The lowest BCUT2D eigenvalue weighted by molar-refractivity contribution is 0.0945. The number of nitrogens with one attached hydrogen (secondary N) is 1. The molecule has 1 saturated heterocycles. The average molecular weight is 284 g/mol. The van der Waals surface area contributed by atoms with E-state index in [1.165, 1.54) is 0 Å². The van der Waals surface area contributed by atoms with Gasteiger partial charge in [-0.05, 0) is 48.8 Å². The molecule has 0 aromatic heterocycles. The molecule has 2 N–H and O–H groups in total. The highest BCUT2D eigenvalue weighted by atomic mass is 16.3. The number of rotatable bonds is 3. The van der Waals surface area contributed by atoms with Gasteiger partial charge in [-0.2, -0.15) is 0 Å². The molecule has 1 aliphatic heterocycles. The molecule has 1 unspecified atom stereocenters. The predicted molar refractivity (Wildman–Crippen MR) is 83.6 cm³/mol. The second-order valence-corrected chi connectivity index (χ2v) is 5.84. The smallest absolute Gasteiger partial charge is 0.255 e. The van der Waals surface area contributed by atoms with Crippen molar-refractivity contribution in [2.24, 2.45) is 5.92 Å². The van der Waals surface area contributed by atoms with E-state index in [0.717, 1.165) is 30.3 Å². The molecule has 1 amide bonds. The maximum absolute atomic E-state index is 12.3. The topological polar surface area (TPSA) is 52.6 Å². The standard InChI is InChI=1S/C17H20N2O2/c1-19-7-6-12(11-19)10-18-17(21)15-8-13-4-2-3-5-14(13)9-16(15)20/h2-5,8-9,12,20H,6-7,10-11H2,1H3,(H,18,21). The van der Waals surface area contributed by atoms with Crippen LogP contribution < -0.4 is 5.32 Å². The number of fused-ring (bicyclic) bond motifs is 1. The summed E-state index contributed by atoms with van der Waals surface area (Å²) in [7, 11) is 2.09. The number of phenols is 1. The maximum Gasteiger partial charge on any atom is 0.255 e. The van der Waals surface area contributed by atoms with Crippen LogP contribution in [-0.4, -0.2) is 42.6 Å². The van der Waals surface area contributed by atoms with E-state index in [1.54, 1.807) is 12.1 Å². The van der Waals surface area contributed by atoms with Crippen molar-refractivity contribution in [1.82, 2.24) is 10.2 Å². The third-order valence-electron chi connectivity index (χ3n) is 4.15. The minimum absolute atomic E-state index is 0.0368. The lowest BCUT2D eigenvalue weighted by Crippen LogP contribution is -2.30. The van der Waals surface area contributed by atoms with Gasteiger partial charge in [-0.1, -0.05) is 24.3 Å². The van der Waals surface area contributed by atoms with Crippen LogP contribution in [0.5, 0.6) is 5.75 Å². The summed E-state index contributed by atoms with van der Waals surface area (Å²) >= 11 is 0. The third kappa shape index (κ3) is 3.00. The monoisotopic (exact) mass is 284 g/mol. The van der Waals surface area contributed by atoms with Crippen molar-refractivity contribution in [3.05, 3.63) is 42.0 Å². The van der Waals surface area contributed by atoms with Crippen LogP contribution in [0.1, 0.15) is 16.8 Å². The summed E-state index contributed by atoms with van der Waals surface area (Å²) in [6.07, 6.45) is 1.11. The Morgan fingerprint density at radius 3 is 2.71 bits per heavy atom. The SMILES string of the molecule is CN1CCC(CNC(=O)c2cc3ccccc3cc2O)C1. The maximum atomic E-state index is 12.3. The Bertz CT molecular complexity index is 669. The molecule has 1 heterocycles. The molecule has 1 atom stereocenters. The van der Waals surface area contributed by atoms with Gasteiger partial charge in [0.05, 0.1) is 5.56 Å². The molecular formula is C17H20N2O2. The van der Waals surface area contributed by atoms with Crippen LogP contribution in [0.3, 0.4) is 0 Å². The van der Waals surface area contributed by atoms with E-state index in [9.17, 15) is 9.90 Å². The number of likely N-dealkylation sites (tertiary alicyclic amines) is 1. The van der Waals surface area contributed by atoms with Gasteiger partial charge in [-0.15, -0.1) is 0 Å². The Labute approximate surface area is 124 Å². The van der Waals surface area contributed by atoms with Crippen molar-refractivity contribution in [3.8, 4) is 5.75 Å². The molecule has 0 bridgehead atoms. The van der Waals surface area contributed by atoms with Gasteiger partial charge in [-0.3, -0.25) is 4.79 Å². The molecule has 4 nitrogen and oxygen atoms in total. The van der Waals surface area contributed by atoms with Crippen LogP contribution in [0.4, 0.5) is 0 Å². The van der Waals surface area contributed by atoms with E-state index in [1.807, 2.05) is 24.3 Å². The number of benzene rings is 2. The van der Waals surface area contributed by atoms with Crippen molar-refractivity contribution in [3.63, 3.8) is 0 Å². The molecule has 0 saturated carbocycles. The van der Waals surface area contributed by atoms with E-state index >= 15 is 0 Å². The fourth-order valence-corrected chi connectivity index (χ4v) is 2.94. The van der Waals surface area contributed by atoms with Crippen molar-refractivity contribution >= 4 is 16.7 Å². The lowest BCUT2D eigenvalue weighted by atomic mass is 10.0. The second-order valence-electron chi connectivity index (χ2n) is 5.84.